The molecule has 1 N–H and O–H groups in total. The first-order valence-electron chi connectivity index (χ1n) is 6.06. The minimum Gasteiger partial charge on any atom is -0.349 e. The molecule has 0 fully saturated rings. The minimum atomic E-state index is 0.565. The summed E-state index contributed by atoms with van der Waals surface area (Å²) in [5, 5.41) is 0. The fourth-order valence-electron chi connectivity index (χ4n) is 1.89. The van der Waals surface area contributed by atoms with Crippen molar-refractivity contribution in [1.29, 1.82) is 0 Å². The van der Waals surface area contributed by atoms with E-state index in [2.05, 4.69) is 50.7 Å². The molecule has 0 aromatic carbocycles. The van der Waals surface area contributed by atoms with Gasteiger partial charge in [-0.15, -0.1) is 0 Å². The maximum Gasteiger partial charge on any atom is 0.0705 e. The largest absolute Gasteiger partial charge is 0.349 e. The van der Waals surface area contributed by atoms with Crippen LogP contribution < -0.4 is 5.48 Å². The van der Waals surface area contributed by atoms with Gasteiger partial charge in [0, 0.05) is 24.5 Å². The maximum atomic E-state index is 5.38. The van der Waals surface area contributed by atoms with Crippen molar-refractivity contribution >= 4 is 0 Å². The Morgan fingerprint density at radius 1 is 1.38 bits per heavy atom. The average molecular weight is 224 g/mol. The van der Waals surface area contributed by atoms with Crippen LogP contribution in [-0.4, -0.2) is 11.2 Å². The lowest BCUT2D eigenvalue weighted by Crippen LogP contribution is -2.17. The summed E-state index contributed by atoms with van der Waals surface area (Å²) in [6, 6.07) is 2.23. The first-order chi connectivity index (χ1) is 7.56. The third-order valence-electron chi connectivity index (χ3n) is 2.78. The van der Waals surface area contributed by atoms with Crippen LogP contribution in [0.2, 0.25) is 0 Å². The lowest BCUT2D eigenvalue weighted by Gasteiger charge is -2.08. The monoisotopic (exact) mass is 224 g/mol. The number of nitrogens with zero attached hydrogens (tertiary/aromatic N) is 1. The van der Waals surface area contributed by atoms with Crippen LogP contribution in [0, 0.1) is 19.8 Å². The number of aryl methyl sites for hydroxylation is 1. The maximum absolute atomic E-state index is 5.38. The van der Waals surface area contributed by atoms with Crippen LogP contribution in [0.25, 0.3) is 0 Å². The molecule has 0 unspecified atom stereocenters. The molecule has 0 saturated carbocycles. The normalized spacial score (nSPS) is 11.4. The van der Waals surface area contributed by atoms with E-state index in [0.717, 1.165) is 19.7 Å². The van der Waals surface area contributed by atoms with E-state index >= 15 is 0 Å². The second-order valence-corrected chi connectivity index (χ2v) is 4.67. The van der Waals surface area contributed by atoms with Gasteiger partial charge in [0.15, 0.2) is 0 Å². The van der Waals surface area contributed by atoms with Crippen molar-refractivity contribution < 1.29 is 4.84 Å². The Labute approximate surface area is 98.8 Å². The predicted molar refractivity (Wildman–Crippen MR) is 67.2 cm³/mol. The molecule has 0 aliphatic carbocycles. The topological polar surface area (TPSA) is 26.2 Å². The number of hydroxylamine groups is 1. The average Bonchev–Trinajstić information content (AvgIpc) is 2.48. The zero-order valence-corrected chi connectivity index (χ0v) is 11.1. The molecule has 1 rings (SSSR count). The van der Waals surface area contributed by atoms with Crippen LogP contribution >= 0.6 is 0 Å². The Kier molecular flexibility index (Phi) is 5.03. The molecule has 0 spiro atoms. The van der Waals surface area contributed by atoms with Crippen molar-refractivity contribution in [2.75, 3.05) is 6.61 Å². The molecule has 0 saturated heterocycles. The lowest BCUT2D eigenvalue weighted by atomic mass is 10.2. The molecule has 1 aromatic heterocycles. The zero-order valence-electron chi connectivity index (χ0n) is 11.1. The molecular weight excluding hydrogens is 200 g/mol. The van der Waals surface area contributed by atoms with Gasteiger partial charge in [-0.05, 0) is 38.3 Å². The summed E-state index contributed by atoms with van der Waals surface area (Å²) >= 11 is 0. The van der Waals surface area contributed by atoms with E-state index in [1.54, 1.807) is 0 Å². The number of hydrogen-bond donors (Lipinski definition) is 1. The molecule has 0 atom stereocenters. The molecule has 1 aromatic rings. The van der Waals surface area contributed by atoms with Gasteiger partial charge in [-0.1, -0.05) is 13.8 Å². The van der Waals surface area contributed by atoms with Crippen molar-refractivity contribution in [2.24, 2.45) is 5.92 Å². The SMILES string of the molecule is CCn1c(C)cc(CNOCC(C)C)c1C. The van der Waals surface area contributed by atoms with E-state index in [1.807, 2.05) is 0 Å². The molecule has 0 aliphatic rings. The first-order valence-corrected chi connectivity index (χ1v) is 6.06. The van der Waals surface area contributed by atoms with Crippen LogP contribution in [-0.2, 0) is 17.9 Å². The van der Waals surface area contributed by atoms with Gasteiger partial charge < -0.3 is 9.40 Å². The Bertz CT molecular complexity index is 329. The Morgan fingerprint density at radius 2 is 2.06 bits per heavy atom. The van der Waals surface area contributed by atoms with Crippen LogP contribution in [0.3, 0.4) is 0 Å². The minimum absolute atomic E-state index is 0.565. The highest BCUT2D eigenvalue weighted by atomic mass is 16.6. The zero-order chi connectivity index (χ0) is 12.1. The second-order valence-electron chi connectivity index (χ2n) is 4.67. The lowest BCUT2D eigenvalue weighted by molar-refractivity contribution is 0.0195. The van der Waals surface area contributed by atoms with Gasteiger partial charge in [0.25, 0.3) is 0 Å². The third-order valence-corrected chi connectivity index (χ3v) is 2.78. The number of nitrogens with one attached hydrogen (secondary N) is 1. The number of rotatable bonds is 6. The van der Waals surface area contributed by atoms with Gasteiger partial charge in [0.05, 0.1) is 6.61 Å². The molecule has 0 radical (unpaired) electrons. The predicted octanol–water partition coefficient (Wildman–Crippen LogP) is 2.80. The molecular formula is C13H24N2O. The van der Waals surface area contributed by atoms with Gasteiger partial charge in [0.2, 0.25) is 0 Å². The van der Waals surface area contributed by atoms with Crippen molar-refractivity contribution in [3.8, 4) is 0 Å². The quantitative estimate of drug-likeness (QED) is 0.594. The summed E-state index contributed by atoms with van der Waals surface area (Å²) in [7, 11) is 0. The summed E-state index contributed by atoms with van der Waals surface area (Å²) < 4.78 is 2.32. The van der Waals surface area contributed by atoms with Gasteiger partial charge in [-0.3, -0.25) is 0 Å². The van der Waals surface area contributed by atoms with E-state index in [9.17, 15) is 0 Å². The Balaban J connectivity index is 2.48. The molecule has 0 bridgehead atoms. The van der Waals surface area contributed by atoms with E-state index < -0.39 is 0 Å². The highest BCUT2D eigenvalue weighted by Gasteiger charge is 2.07. The Morgan fingerprint density at radius 3 is 2.56 bits per heavy atom. The van der Waals surface area contributed by atoms with Crippen LogP contribution in [0.4, 0.5) is 0 Å². The van der Waals surface area contributed by atoms with Gasteiger partial charge in [0.1, 0.15) is 0 Å². The van der Waals surface area contributed by atoms with Crippen molar-refractivity contribution in [2.45, 2.75) is 47.7 Å². The van der Waals surface area contributed by atoms with Crippen LogP contribution in [0.5, 0.6) is 0 Å². The number of aromatic nitrogens is 1. The van der Waals surface area contributed by atoms with Gasteiger partial charge >= 0.3 is 0 Å². The first kappa shape index (κ1) is 13.3. The van der Waals surface area contributed by atoms with Crippen LogP contribution in [0.15, 0.2) is 6.07 Å². The summed E-state index contributed by atoms with van der Waals surface area (Å²) in [5.41, 5.74) is 7.00. The summed E-state index contributed by atoms with van der Waals surface area (Å²) in [6.07, 6.45) is 0. The summed E-state index contributed by atoms with van der Waals surface area (Å²) in [4.78, 5) is 5.38. The van der Waals surface area contributed by atoms with E-state index in [0.29, 0.717) is 5.92 Å². The second kappa shape index (κ2) is 6.06. The fraction of sp³-hybridized carbons (Fsp3) is 0.692. The fourth-order valence-corrected chi connectivity index (χ4v) is 1.89. The van der Waals surface area contributed by atoms with Crippen molar-refractivity contribution in [1.82, 2.24) is 10.0 Å². The van der Waals surface area contributed by atoms with Crippen molar-refractivity contribution in [3.63, 3.8) is 0 Å². The molecule has 1 heterocycles. The summed E-state index contributed by atoms with van der Waals surface area (Å²) in [5.74, 6) is 0.565. The Hall–Kier alpha value is -0.800. The molecule has 16 heavy (non-hydrogen) atoms. The molecule has 3 nitrogen and oxygen atoms in total. The number of hydrogen-bond acceptors (Lipinski definition) is 2. The van der Waals surface area contributed by atoms with E-state index in [1.165, 1.54) is 17.0 Å². The summed E-state index contributed by atoms with van der Waals surface area (Å²) in [6.45, 7) is 13.3. The van der Waals surface area contributed by atoms with E-state index in [4.69, 9.17) is 4.84 Å². The standard InChI is InChI=1S/C13H24N2O/c1-6-15-11(4)7-13(12(15)5)8-14-16-9-10(2)3/h7,10,14H,6,8-9H2,1-5H3. The third kappa shape index (κ3) is 3.35. The smallest absolute Gasteiger partial charge is 0.0705 e. The molecule has 92 valence electrons. The van der Waals surface area contributed by atoms with Gasteiger partial charge in [-0.2, -0.15) is 5.48 Å². The van der Waals surface area contributed by atoms with E-state index in [-0.39, 0.29) is 0 Å². The van der Waals surface area contributed by atoms with Crippen LogP contribution in [0.1, 0.15) is 37.7 Å². The highest BCUT2D eigenvalue weighted by Crippen LogP contribution is 2.14. The van der Waals surface area contributed by atoms with Gasteiger partial charge in [-0.25, -0.2) is 0 Å². The molecule has 3 heteroatoms. The highest BCUT2D eigenvalue weighted by molar-refractivity contribution is 5.26. The molecule has 0 aliphatic heterocycles. The molecule has 0 amide bonds. The van der Waals surface area contributed by atoms with Crippen molar-refractivity contribution in [3.05, 3.63) is 23.0 Å².